The third kappa shape index (κ3) is 2.29. The van der Waals surface area contributed by atoms with E-state index < -0.39 is 0 Å². The first-order valence-electron chi connectivity index (χ1n) is 6.22. The van der Waals surface area contributed by atoms with E-state index in [1.165, 1.54) is 58.2 Å². The molecule has 1 saturated heterocycles. The summed E-state index contributed by atoms with van der Waals surface area (Å²) < 4.78 is 0. The summed E-state index contributed by atoms with van der Waals surface area (Å²) >= 11 is 0. The van der Waals surface area contributed by atoms with E-state index in [9.17, 15) is 0 Å². The van der Waals surface area contributed by atoms with E-state index in [1.807, 2.05) is 7.05 Å². The lowest BCUT2D eigenvalue weighted by Crippen LogP contribution is -2.41. The number of rotatable bonds is 3. The Morgan fingerprint density at radius 3 is 2.29 bits per heavy atom. The van der Waals surface area contributed by atoms with Gasteiger partial charge >= 0.3 is 0 Å². The maximum Gasteiger partial charge on any atom is 0.0107 e. The van der Waals surface area contributed by atoms with Crippen LogP contribution in [0.5, 0.6) is 0 Å². The Hall–Kier alpha value is -0.0800. The summed E-state index contributed by atoms with van der Waals surface area (Å²) in [5.74, 6) is 0. The van der Waals surface area contributed by atoms with E-state index in [1.54, 1.807) is 0 Å². The van der Waals surface area contributed by atoms with Gasteiger partial charge in [-0.1, -0.05) is 12.8 Å². The molecular weight excluding hydrogens is 172 g/mol. The molecule has 0 bridgehead atoms. The first-order chi connectivity index (χ1) is 6.85. The lowest BCUT2D eigenvalue weighted by atomic mass is 9.77. The van der Waals surface area contributed by atoms with Crippen LogP contribution < -0.4 is 5.32 Å². The van der Waals surface area contributed by atoms with Crippen molar-refractivity contribution in [2.24, 2.45) is 5.41 Å². The van der Waals surface area contributed by atoms with Gasteiger partial charge in [-0.05, 0) is 51.2 Å². The number of likely N-dealkylation sites (N-methyl/N-ethyl adjacent to an activating group) is 1. The summed E-state index contributed by atoms with van der Waals surface area (Å²) in [4.78, 5) is 2.63. The number of nitrogens with one attached hydrogen (secondary N) is 1. The predicted molar refractivity (Wildman–Crippen MR) is 60.5 cm³/mol. The van der Waals surface area contributed by atoms with E-state index >= 15 is 0 Å². The number of likely N-dealkylation sites (tertiary alicyclic amines) is 1. The van der Waals surface area contributed by atoms with Crippen LogP contribution in [0, 0.1) is 5.41 Å². The Labute approximate surface area is 88.1 Å². The zero-order chi connectivity index (χ0) is 9.86. The maximum absolute atomic E-state index is 3.23. The molecule has 0 aromatic heterocycles. The third-order valence-electron chi connectivity index (χ3n) is 4.26. The summed E-state index contributed by atoms with van der Waals surface area (Å²) in [6.07, 6.45) is 8.97. The standard InChI is InChI=1S/C12H24N2/c1-13-8-11-14-9-6-12(7-10-14)4-2-3-5-12/h13H,2-11H2,1H3. The molecule has 2 rings (SSSR count). The molecule has 0 aromatic rings. The number of hydrogen-bond donors (Lipinski definition) is 1. The number of hydrogen-bond acceptors (Lipinski definition) is 2. The average Bonchev–Trinajstić information content (AvgIpc) is 2.66. The third-order valence-corrected chi connectivity index (χ3v) is 4.26. The molecule has 1 spiro atoms. The van der Waals surface area contributed by atoms with Gasteiger partial charge in [0.25, 0.3) is 0 Å². The van der Waals surface area contributed by atoms with Crippen molar-refractivity contribution in [2.75, 3.05) is 33.2 Å². The van der Waals surface area contributed by atoms with E-state index in [0.717, 1.165) is 12.0 Å². The fourth-order valence-corrected chi connectivity index (χ4v) is 3.15. The summed E-state index contributed by atoms with van der Waals surface area (Å²) in [7, 11) is 2.04. The highest BCUT2D eigenvalue weighted by molar-refractivity contribution is 4.89. The lowest BCUT2D eigenvalue weighted by molar-refractivity contribution is 0.110. The monoisotopic (exact) mass is 196 g/mol. The molecule has 2 fully saturated rings. The molecule has 0 aromatic carbocycles. The second-order valence-electron chi connectivity index (χ2n) is 5.15. The van der Waals surface area contributed by atoms with Gasteiger partial charge in [0.1, 0.15) is 0 Å². The van der Waals surface area contributed by atoms with E-state index in [2.05, 4.69) is 10.2 Å². The molecule has 0 amide bonds. The lowest BCUT2D eigenvalue weighted by Gasteiger charge is -2.39. The molecule has 1 aliphatic heterocycles. The van der Waals surface area contributed by atoms with Gasteiger partial charge < -0.3 is 10.2 Å². The summed E-state index contributed by atoms with van der Waals surface area (Å²) in [5, 5.41) is 3.23. The highest BCUT2D eigenvalue weighted by atomic mass is 15.1. The van der Waals surface area contributed by atoms with Crippen molar-refractivity contribution in [1.29, 1.82) is 0 Å². The van der Waals surface area contributed by atoms with Crippen LogP contribution in [0.3, 0.4) is 0 Å². The Morgan fingerprint density at radius 2 is 1.71 bits per heavy atom. The molecule has 2 heteroatoms. The minimum atomic E-state index is 0.788. The van der Waals surface area contributed by atoms with Crippen molar-refractivity contribution in [3.05, 3.63) is 0 Å². The molecule has 1 heterocycles. The Morgan fingerprint density at radius 1 is 1.07 bits per heavy atom. The summed E-state index contributed by atoms with van der Waals surface area (Å²) in [6, 6.07) is 0. The fourth-order valence-electron chi connectivity index (χ4n) is 3.15. The highest BCUT2D eigenvalue weighted by Crippen LogP contribution is 2.45. The molecule has 1 aliphatic carbocycles. The molecule has 2 aliphatic rings. The first kappa shape index (κ1) is 10.4. The van der Waals surface area contributed by atoms with E-state index in [0.29, 0.717) is 0 Å². The minimum absolute atomic E-state index is 0.788. The zero-order valence-electron chi connectivity index (χ0n) is 9.52. The second kappa shape index (κ2) is 4.63. The van der Waals surface area contributed by atoms with Gasteiger partial charge in [-0.25, -0.2) is 0 Å². The van der Waals surface area contributed by atoms with Crippen LogP contribution in [0.2, 0.25) is 0 Å². The molecule has 0 atom stereocenters. The number of nitrogens with zero attached hydrogens (tertiary/aromatic N) is 1. The predicted octanol–water partition coefficient (Wildman–Crippen LogP) is 1.86. The Kier molecular flexibility index (Phi) is 3.45. The van der Waals surface area contributed by atoms with Crippen molar-refractivity contribution in [3.8, 4) is 0 Å². The van der Waals surface area contributed by atoms with Crippen molar-refractivity contribution >= 4 is 0 Å². The van der Waals surface area contributed by atoms with Crippen LogP contribution in [0.15, 0.2) is 0 Å². The van der Waals surface area contributed by atoms with Gasteiger partial charge in [0, 0.05) is 13.1 Å². The van der Waals surface area contributed by atoms with E-state index in [-0.39, 0.29) is 0 Å². The van der Waals surface area contributed by atoms with Crippen LogP contribution in [-0.4, -0.2) is 38.1 Å². The molecule has 1 saturated carbocycles. The van der Waals surface area contributed by atoms with Gasteiger partial charge in [0.05, 0.1) is 0 Å². The Balaban J connectivity index is 1.74. The van der Waals surface area contributed by atoms with Crippen molar-refractivity contribution < 1.29 is 0 Å². The molecule has 14 heavy (non-hydrogen) atoms. The van der Waals surface area contributed by atoms with Crippen LogP contribution in [-0.2, 0) is 0 Å². The zero-order valence-corrected chi connectivity index (χ0v) is 9.52. The van der Waals surface area contributed by atoms with Crippen molar-refractivity contribution in [2.45, 2.75) is 38.5 Å². The topological polar surface area (TPSA) is 15.3 Å². The van der Waals surface area contributed by atoms with Crippen molar-refractivity contribution in [3.63, 3.8) is 0 Å². The van der Waals surface area contributed by atoms with Crippen LogP contribution in [0.25, 0.3) is 0 Å². The van der Waals surface area contributed by atoms with Gasteiger partial charge in [0.15, 0.2) is 0 Å². The largest absolute Gasteiger partial charge is 0.318 e. The summed E-state index contributed by atoms with van der Waals surface area (Å²) in [6.45, 7) is 5.09. The smallest absolute Gasteiger partial charge is 0.0107 e. The molecular formula is C12H24N2. The molecule has 0 radical (unpaired) electrons. The molecule has 0 unspecified atom stereocenters. The molecule has 2 nitrogen and oxygen atoms in total. The van der Waals surface area contributed by atoms with Gasteiger partial charge in [-0.2, -0.15) is 0 Å². The number of piperidine rings is 1. The molecule has 82 valence electrons. The highest BCUT2D eigenvalue weighted by Gasteiger charge is 2.36. The van der Waals surface area contributed by atoms with Gasteiger partial charge in [-0.3, -0.25) is 0 Å². The van der Waals surface area contributed by atoms with Gasteiger partial charge in [-0.15, -0.1) is 0 Å². The van der Waals surface area contributed by atoms with Crippen LogP contribution in [0.4, 0.5) is 0 Å². The quantitative estimate of drug-likeness (QED) is 0.741. The average molecular weight is 196 g/mol. The second-order valence-corrected chi connectivity index (χ2v) is 5.15. The maximum atomic E-state index is 3.23. The SMILES string of the molecule is CNCCN1CCC2(CCCC2)CC1. The normalized spacial score (nSPS) is 27.2. The van der Waals surface area contributed by atoms with Gasteiger partial charge in [0.2, 0.25) is 0 Å². The minimum Gasteiger partial charge on any atom is -0.318 e. The van der Waals surface area contributed by atoms with Crippen LogP contribution in [0.1, 0.15) is 38.5 Å². The first-order valence-corrected chi connectivity index (χ1v) is 6.22. The summed E-state index contributed by atoms with van der Waals surface area (Å²) in [5.41, 5.74) is 0.788. The molecule has 1 N–H and O–H groups in total. The van der Waals surface area contributed by atoms with E-state index in [4.69, 9.17) is 0 Å². The fraction of sp³-hybridized carbons (Fsp3) is 1.00. The van der Waals surface area contributed by atoms with Crippen LogP contribution >= 0.6 is 0 Å². The Bertz CT molecular complexity index is 163. The van der Waals surface area contributed by atoms with Crippen molar-refractivity contribution in [1.82, 2.24) is 10.2 Å².